The first kappa shape index (κ1) is 75.9. The maximum Gasteiger partial charge on any atom is 2.00 e. The molecule has 4 aromatic carbocycles. The molecule has 0 saturated carbocycles. The molecule has 0 atom stereocenters. The molecule has 0 saturated heterocycles. The van der Waals surface area contributed by atoms with Crippen LogP contribution in [0, 0.1) is 0 Å². The summed E-state index contributed by atoms with van der Waals surface area (Å²) in [5.74, 6) is 0. The van der Waals surface area contributed by atoms with Gasteiger partial charge in [-0.25, -0.2) is 16.8 Å². The Bertz CT molecular complexity index is 2230. The molecule has 0 N–H and O–H groups in total. The third kappa shape index (κ3) is 34.1. The molecule has 0 unspecified atom stereocenters. The summed E-state index contributed by atoms with van der Waals surface area (Å²) in [5, 5.41) is 3.12. The number of hydrogen-bond donors (Lipinski definition) is 0. The molecular formula is C72H118BaO6S2. The van der Waals surface area contributed by atoms with E-state index in [4.69, 9.17) is 0 Å². The third-order valence-electron chi connectivity index (χ3n) is 17.2. The Hall–Kier alpha value is -1.21. The van der Waals surface area contributed by atoms with E-state index in [1.165, 1.54) is 304 Å². The predicted molar refractivity (Wildman–Crippen MR) is 350 cm³/mol. The fourth-order valence-corrected chi connectivity index (χ4v) is 13.6. The number of unbranched alkanes of at least 4 members (excludes halogenated alkanes) is 40. The van der Waals surface area contributed by atoms with Crippen LogP contribution in [0.15, 0.2) is 70.5 Å². The van der Waals surface area contributed by atoms with Gasteiger partial charge < -0.3 is 9.11 Å². The molecule has 0 fully saturated rings. The molecule has 456 valence electrons. The average molecular weight is 1280 g/mol. The monoisotopic (exact) mass is 1280 g/mol. The summed E-state index contributed by atoms with van der Waals surface area (Å²) in [6.45, 7) is 9.08. The molecule has 0 bridgehead atoms. The molecule has 0 amide bonds. The smallest absolute Gasteiger partial charge is 0.744 e. The van der Waals surface area contributed by atoms with E-state index in [9.17, 15) is 25.9 Å². The summed E-state index contributed by atoms with van der Waals surface area (Å²) in [6, 6.07) is 18.4. The Morgan fingerprint density at radius 2 is 0.469 bits per heavy atom. The Kier molecular flexibility index (Phi) is 45.8. The Morgan fingerprint density at radius 3 is 0.691 bits per heavy atom. The quantitative estimate of drug-likeness (QED) is 0.0247. The van der Waals surface area contributed by atoms with Gasteiger partial charge in [0.05, 0.1) is 9.79 Å². The largest absolute Gasteiger partial charge is 2.00 e. The molecule has 9 heteroatoms. The van der Waals surface area contributed by atoms with Gasteiger partial charge >= 0.3 is 48.9 Å². The van der Waals surface area contributed by atoms with Crippen LogP contribution in [0.3, 0.4) is 0 Å². The second-order valence-corrected chi connectivity index (χ2v) is 26.9. The van der Waals surface area contributed by atoms with Gasteiger partial charge in [-0.2, -0.15) is 0 Å². The van der Waals surface area contributed by atoms with Crippen LogP contribution in [0.4, 0.5) is 0 Å². The molecule has 0 aliphatic carbocycles. The van der Waals surface area contributed by atoms with Crippen LogP contribution in [0.25, 0.3) is 21.5 Å². The van der Waals surface area contributed by atoms with Gasteiger partial charge in [0.2, 0.25) is 0 Å². The van der Waals surface area contributed by atoms with Crippen LogP contribution in [-0.2, 0) is 45.9 Å². The van der Waals surface area contributed by atoms with Crippen LogP contribution in [0.5, 0.6) is 0 Å². The van der Waals surface area contributed by atoms with E-state index in [1.54, 1.807) is 12.1 Å². The molecule has 81 heavy (non-hydrogen) atoms. The van der Waals surface area contributed by atoms with E-state index in [2.05, 4.69) is 39.8 Å². The van der Waals surface area contributed by atoms with Crippen molar-refractivity contribution < 1.29 is 25.9 Å². The molecular weight excluding hydrogens is 1160 g/mol. The van der Waals surface area contributed by atoms with E-state index >= 15 is 0 Å². The van der Waals surface area contributed by atoms with Crippen LogP contribution in [0.1, 0.15) is 332 Å². The van der Waals surface area contributed by atoms with Gasteiger partial charge in [-0.3, -0.25) is 0 Å². The Balaban J connectivity index is 0.000000547. The number of benzene rings is 4. The van der Waals surface area contributed by atoms with E-state index in [1.807, 2.05) is 24.3 Å². The molecule has 6 nitrogen and oxygen atoms in total. The second kappa shape index (κ2) is 48.9. The second-order valence-electron chi connectivity index (χ2n) is 24.2. The van der Waals surface area contributed by atoms with E-state index in [0.717, 1.165) is 49.3 Å². The summed E-state index contributed by atoms with van der Waals surface area (Å²) in [4.78, 5) is -0.155. The van der Waals surface area contributed by atoms with Crippen molar-refractivity contribution in [1.82, 2.24) is 0 Å². The Labute approximate surface area is 540 Å². The summed E-state index contributed by atoms with van der Waals surface area (Å²) in [5.41, 5.74) is 5.23. The summed E-state index contributed by atoms with van der Waals surface area (Å²) in [6.07, 6.45) is 62.3. The van der Waals surface area contributed by atoms with Crippen molar-refractivity contribution in [2.75, 3.05) is 0 Å². The summed E-state index contributed by atoms with van der Waals surface area (Å²) < 4.78 is 71.6. The van der Waals surface area contributed by atoms with Crippen LogP contribution in [0.2, 0.25) is 0 Å². The van der Waals surface area contributed by atoms with Crippen molar-refractivity contribution >= 4 is 90.7 Å². The van der Waals surface area contributed by atoms with Gasteiger partial charge in [-0.15, -0.1) is 0 Å². The molecule has 0 aromatic heterocycles. The minimum atomic E-state index is -4.49. The standard InChI is InChI=1S/2C36H60O3S.Ba/c2*1-3-5-7-9-11-13-15-17-19-21-23-26-32-30-31-35-34(28-25-29-36(35)40(37,38)39)33(32)27-24-22-20-18-16-14-12-10-8-6-4-2;/h2*25,28-31H,3-24,26-27H2,1-2H3,(H,37,38,39);/q;;+2/p-2. The maximum absolute atomic E-state index is 11.9. The molecule has 4 rings (SSSR count). The first-order valence-corrected chi connectivity index (χ1v) is 36.8. The number of hydrogen-bond acceptors (Lipinski definition) is 6. The zero-order valence-corrected chi connectivity index (χ0v) is 58.8. The fourth-order valence-electron chi connectivity index (χ4n) is 12.3. The molecule has 0 aliphatic heterocycles. The minimum Gasteiger partial charge on any atom is -0.744 e. The van der Waals surface area contributed by atoms with E-state index in [-0.39, 0.29) is 58.7 Å². The van der Waals surface area contributed by atoms with Gasteiger partial charge in [-0.1, -0.05) is 333 Å². The van der Waals surface area contributed by atoms with E-state index in [0.29, 0.717) is 10.8 Å². The number of rotatable bonds is 50. The van der Waals surface area contributed by atoms with Crippen LogP contribution in [-0.4, -0.2) is 74.8 Å². The van der Waals surface area contributed by atoms with E-state index < -0.39 is 20.2 Å². The van der Waals surface area contributed by atoms with Gasteiger partial charge in [-0.05, 0) is 107 Å². The zero-order chi connectivity index (χ0) is 57.8. The molecule has 0 spiro atoms. The molecule has 0 heterocycles. The fraction of sp³-hybridized carbons (Fsp3) is 0.722. The van der Waals surface area contributed by atoms with Gasteiger partial charge in [0.25, 0.3) is 0 Å². The predicted octanol–water partition coefficient (Wildman–Crippen LogP) is 22.5. The van der Waals surface area contributed by atoms with Crippen LogP contribution >= 0.6 is 0 Å². The normalized spacial score (nSPS) is 11.8. The summed E-state index contributed by atoms with van der Waals surface area (Å²) in [7, 11) is -8.99. The SMILES string of the molecule is CCCCCCCCCCCCCc1ccc2c(S(=O)(=O)[O-])cccc2c1CCCCCCCCCCCCC.CCCCCCCCCCCCCc1ccc2c(S(=O)(=O)[O-])cccc2c1CCCCCCCCCCCCC.[Ba+2]. The van der Waals surface area contributed by atoms with Crippen molar-refractivity contribution in [2.24, 2.45) is 0 Å². The van der Waals surface area contributed by atoms with Crippen molar-refractivity contribution in [3.63, 3.8) is 0 Å². The van der Waals surface area contributed by atoms with Crippen molar-refractivity contribution in [2.45, 2.75) is 346 Å². The first-order valence-electron chi connectivity index (χ1n) is 34.0. The minimum absolute atomic E-state index is 0. The first-order chi connectivity index (χ1) is 39.0. The molecule has 0 aliphatic rings. The number of fused-ring (bicyclic) bond motifs is 2. The topological polar surface area (TPSA) is 114 Å². The van der Waals surface area contributed by atoms with Gasteiger partial charge in [0.15, 0.2) is 0 Å². The number of aryl methyl sites for hydroxylation is 4. The molecule has 4 aromatic rings. The third-order valence-corrected chi connectivity index (χ3v) is 18.9. The van der Waals surface area contributed by atoms with Crippen molar-refractivity contribution in [3.05, 3.63) is 82.9 Å². The Morgan fingerprint density at radius 1 is 0.259 bits per heavy atom. The van der Waals surface area contributed by atoms with Crippen molar-refractivity contribution in [1.29, 1.82) is 0 Å². The van der Waals surface area contributed by atoms with Gasteiger partial charge in [0, 0.05) is 0 Å². The zero-order valence-electron chi connectivity index (χ0n) is 52.7. The van der Waals surface area contributed by atoms with Crippen molar-refractivity contribution in [3.8, 4) is 0 Å². The summed E-state index contributed by atoms with van der Waals surface area (Å²) >= 11 is 0. The molecule has 0 radical (unpaired) electrons. The van der Waals surface area contributed by atoms with Crippen LogP contribution < -0.4 is 0 Å². The average Bonchev–Trinajstić information content (AvgIpc) is 3.51. The van der Waals surface area contributed by atoms with Gasteiger partial charge in [0.1, 0.15) is 20.2 Å². The maximum atomic E-state index is 11.9.